The summed E-state index contributed by atoms with van der Waals surface area (Å²) in [7, 11) is 1.61. The van der Waals surface area contributed by atoms with Gasteiger partial charge in [0.05, 0.1) is 7.11 Å². The van der Waals surface area contributed by atoms with Crippen molar-refractivity contribution in [2.45, 2.75) is 6.61 Å². The largest absolute Gasteiger partial charge is 0.497 e. The number of carbonyl (C=O) groups is 1. The molecule has 0 aliphatic heterocycles. The van der Waals surface area contributed by atoms with E-state index in [0.717, 1.165) is 17.1 Å². The smallest absolute Gasteiger partial charge is 0.252 e. The monoisotopic (exact) mass is 276 g/mol. The van der Waals surface area contributed by atoms with Crippen LogP contribution in [0.4, 0.5) is 0 Å². The average molecular weight is 277 g/mol. The van der Waals surface area contributed by atoms with Gasteiger partial charge in [-0.2, -0.15) is 0 Å². The minimum atomic E-state index is -0.458. The van der Waals surface area contributed by atoms with Crippen molar-refractivity contribution in [3.8, 4) is 11.5 Å². The molecule has 0 aliphatic rings. The topological polar surface area (TPSA) is 35.5 Å². The first kappa shape index (κ1) is 13.4. The zero-order valence-electron chi connectivity index (χ0n) is 10.4. The molecule has 0 saturated heterocycles. The van der Waals surface area contributed by atoms with Crippen LogP contribution in [0.2, 0.25) is 0 Å². The summed E-state index contributed by atoms with van der Waals surface area (Å²) in [5.41, 5.74) is 1.44. The predicted molar refractivity (Wildman–Crippen MR) is 74.0 cm³/mol. The van der Waals surface area contributed by atoms with Crippen molar-refractivity contribution in [1.29, 1.82) is 0 Å². The maximum atomic E-state index is 10.9. The summed E-state index contributed by atoms with van der Waals surface area (Å²) in [6.45, 7) is 0.421. The van der Waals surface area contributed by atoms with Gasteiger partial charge >= 0.3 is 0 Å². The van der Waals surface area contributed by atoms with Crippen molar-refractivity contribution in [2.75, 3.05) is 7.11 Å². The molecule has 0 saturated carbocycles. The predicted octanol–water partition coefficient (Wildman–Crippen LogP) is 3.65. The van der Waals surface area contributed by atoms with E-state index < -0.39 is 5.24 Å². The minimum absolute atomic E-state index is 0.421. The third-order valence-corrected chi connectivity index (χ3v) is 2.85. The van der Waals surface area contributed by atoms with Gasteiger partial charge < -0.3 is 9.47 Å². The standard InChI is InChI=1S/C15H13ClO3/c1-18-13-3-2-4-14(9-13)19-10-11-5-7-12(8-6-11)15(16)17/h2-9H,10H2,1H3. The van der Waals surface area contributed by atoms with Gasteiger partial charge in [0.15, 0.2) is 0 Å². The molecule has 0 atom stereocenters. The Morgan fingerprint density at radius 3 is 2.42 bits per heavy atom. The number of benzene rings is 2. The summed E-state index contributed by atoms with van der Waals surface area (Å²) in [4.78, 5) is 10.9. The Hall–Kier alpha value is -2.00. The van der Waals surface area contributed by atoms with Gasteiger partial charge in [0.25, 0.3) is 5.24 Å². The Kier molecular flexibility index (Phi) is 4.42. The Morgan fingerprint density at radius 2 is 1.79 bits per heavy atom. The number of hydrogen-bond donors (Lipinski definition) is 0. The molecule has 0 N–H and O–H groups in total. The first-order valence-corrected chi connectivity index (χ1v) is 6.12. The van der Waals surface area contributed by atoms with Gasteiger partial charge in [0.1, 0.15) is 18.1 Å². The van der Waals surface area contributed by atoms with Crippen LogP contribution in [0.15, 0.2) is 48.5 Å². The lowest BCUT2D eigenvalue weighted by atomic mass is 10.1. The molecule has 2 aromatic carbocycles. The van der Waals surface area contributed by atoms with Gasteiger partial charge in [-0.3, -0.25) is 4.79 Å². The van der Waals surface area contributed by atoms with Crippen molar-refractivity contribution in [3.63, 3.8) is 0 Å². The van der Waals surface area contributed by atoms with E-state index in [1.54, 1.807) is 19.2 Å². The van der Waals surface area contributed by atoms with Crippen LogP contribution < -0.4 is 9.47 Å². The molecule has 0 unspecified atom stereocenters. The molecule has 0 aromatic heterocycles. The molecule has 0 fully saturated rings. The number of methoxy groups -OCH3 is 1. The normalized spacial score (nSPS) is 10.0. The van der Waals surface area contributed by atoms with Crippen molar-refractivity contribution >= 4 is 16.8 Å². The van der Waals surface area contributed by atoms with Crippen LogP contribution >= 0.6 is 11.6 Å². The molecule has 0 heterocycles. The van der Waals surface area contributed by atoms with Gasteiger partial charge in [-0.05, 0) is 41.4 Å². The van der Waals surface area contributed by atoms with E-state index in [4.69, 9.17) is 21.1 Å². The zero-order valence-corrected chi connectivity index (χ0v) is 11.2. The van der Waals surface area contributed by atoms with E-state index in [1.165, 1.54) is 0 Å². The molecule has 98 valence electrons. The summed E-state index contributed by atoms with van der Waals surface area (Å²) < 4.78 is 10.8. The Labute approximate surface area is 116 Å². The molecule has 19 heavy (non-hydrogen) atoms. The molecule has 2 aromatic rings. The second-order valence-corrected chi connectivity index (χ2v) is 4.28. The molecular formula is C15H13ClO3. The van der Waals surface area contributed by atoms with Crippen LogP contribution in [0.1, 0.15) is 15.9 Å². The SMILES string of the molecule is COc1cccc(OCc2ccc(C(=O)Cl)cc2)c1. The summed E-state index contributed by atoms with van der Waals surface area (Å²) in [5.74, 6) is 1.48. The lowest BCUT2D eigenvalue weighted by Crippen LogP contribution is -1.97. The number of rotatable bonds is 5. The Balaban J connectivity index is 1.99. The first-order valence-electron chi connectivity index (χ1n) is 5.74. The fraction of sp³-hybridized carbons (Fsp3) is 0.133. The third kappa shape index (κ3) is 3.73. The fourth-order valence-corrected chi connectivity index (χ4v) is 1.72. The van der Waals surface area contributed by atoms with Crippen LogP contribution in [-0.2, 0) is 6.61 Å². The fourth-order valence-electron chi connectivity index (χ4n) is 1.59. The lowest BCUT2D eigenvalue weighted by molar-refractivity contribution is 0.108. The van der Waals surface area contributed by atoms with E-state index in [0.29, 0.717) is 12.2 Å². The number of halogens is 1. The van der Waals surface area contributed by atoms with Crippen LogP contribution in [0, 0.1) is 0 Å². The number of ether oxygens (including phenoxy) is 2. The van der Waals surface area contributed by atoms with Crippen LogP contribution in [0.3, 0.4) is 0 Å². The summed E-state index contributed by atoms with van der Waals surface area (Å²) in [6, 6.07) is 14.4. The molecule has 3 nitrogen and oxygen atoms in total. The highest BCUT2D eigenvalue weighted by Gasteiger charge is 2.02. The molecule has 2 rings (SSSR count). The molecule has 0 spiro atoms. The van der Waals surface area contributed by atoms with Crippen molar-refractivity contribution < 1.29 is 14.3 Å². The summed E-state index contributed by atoms with van der Waals surface area (Å²) in [6.07, 6.45) is 0. The van der Waals surface area contributed by atoms with Gasteiger partial charge in [-0.25, -0.2) is 0 Å². The van der Waals surface area contributed by atoms with Crippen LogP contribution in [0.25, 0.3) is 0 Å². The molecule has 0 aliphatic carbocycles. The second kappa shape index (κ2) is 6.25. The van der Waals surface area contributed by atoms with Crippen molar-refractivity contribution in [1.82, 2.24) is 0 Å². The summed E-state index contributed by atoms with van der Waals surface area (Å²) >= 11 is 5.38. The molecule has 4 heteroatoms. The Morgan fingerprint density at radius 1 is 1.11 bits per heavy atom. The Bertz CT molecular complexity index is 564. The maximum Gasteiger partial charge on any atom is 0.252 e. The molecular weight excluding hydrogens is 264 g/mol. The highest BCUT2D eigenvalue weighted by atomic mass is 35.5. The van der Waals surface area contributed by atoms with Gasteiger partial charge in [0, 0.05) is 11.6 Å². The van der Waals surface area contributed by atoms with E-state index in [1.807, 2.05) is 36.4 Å². The van der Waals surface area contributed by atoms with Crippen LogP contribution in [-0.4, -0.2) is 12.4 Å². The van der Waals surface area contributed by atoms with Crippen molar-refractivity contribution in [3.05, 3.63) is 59.7 Å². The first-order chi connectivity index (χ1) is 9.19. The number of carbonyl (C=O) groups excluding carboxylic acids is 1. The average Bonchev–Trinajstić information content (AvgIpc) is 2.46. The quantitative estimate of drug-likeness (QED) is 0.782. The lowest BCUT2D eigenvalue weighted by Gasteiger charge is -2.08. The second-order valence-electron chi connectivity index (χ2n) is 3.94. The van der Waals surface area contributed by atoms with E-state index in [9.17, 15) is 4.79 Å². The zero-order chi connectivity index (χ0) is 13.7. The summed E-state index contributed by atoms with van der Waals surface area (Å²) in [5, 5.41) is -0.458. The van der Waals surface area contributed by atoms with E-state index in [-0.39, 0.29) is 0 Å². The molecule has 0 amide bonds. The minimum Gasteiger partial charge on any atom is -0.497 e. The van der Waals surface area contributed by atoms with Crippen molar-refractivity contribution in [2.24, 2.45) is 0 Å². The van der Waals surface area contributed by atoms with Crippen LogP contribution in [0.5, 0.6) is 11.5 Å². The maximum absolute atomic E-state index is 10.9. The van der Waals surface area contributed by atoms with Gasteiger partial charge in [-0.15, -0.1) is 0 Å². The van der Waals surface area contributed by atoms with Gasteiger partial charge in [0.2, 0.25) is 0 Å². The molecule has 0 radical (unpaired) electrons. The highest BCUT2D eigenvalue weighted by Crippen LogP contribution is 2.20. The molecule has 0 bridgehead atoms. The van der Waals surface area contributed by atoms with E-state index >= 15 is 0 Å². The van der Waals surface area contributed by atoms with E-state index in [2.05, 4.69) is 0 Å². The number of hydrogen-bond acceptors (Lipinski definition) is 3. The third-order valence-electron chi connectivity index (χ3n) is 2.63. The highest BCUT2D eigenvalue weighted by molar-refractivity contribution is 6.67. The van der Waals surface area contributed by atoms with Gasteiger partial charge in [-0.1, -0.05) is 18.2 Å².